The minimum Gasteiger partial charge on any atom is -0.457 e. The van der Waals surface area contributed by atoms with Gasteiger partial charge in [-0.25, -0.2) is 0 Å². The van der Waals surface area contributed by atoms with E-state index in [1.54, 1.807) is 0 Å². The van der Waals surface area contributed by atoms with Crippen molar-refractivity contribution in [1.82, 2.24) is 0 Å². The Kier molecular flexibility index (Phi) is 9.36. The molecule has 82 heavy (non-hydrogen) atoms. The van der Waals surface area contributed by atoms with Gasteiger partial charge in [-0.1, -0.05) is 156 Å². The van der Waals surface area contributed by atoms with Crippen molar-refractivity contribution < 1.29 is 8.83 Å². The first-order valence-corrected chi connectivity index (χ1v) is 31.0. The van der Waals surface area contributed by atoms with E-state index in [-0.39, 0.29) is 44.7 Å². The normalized spacial score (nSPS) is 23.9. The Balaban J connectivity index is 1.10. The van der Waals surface area contributed by atoms with Crippen molar-refractivity contribution in [2.45, 2.75) is 179 Å². The molecule has 3 atom stereocenters. The molecule has 410 valence electrons. The number of anilines is 8. The molecule has 0 amide bonds. The van der Waals surface area contributed by atoms with Crippen LogP contribution < -0.4 is 31.1 Å². The topological polar surface area (TPSA) is 36.0 Å². The summed E-state index contributed by atoms with van der Waals surface area (Å²) in [5.41, 5.74) is 28.4. The number of benzene rings is 8. The van der Waals surface area contributed by atoms with E-state index in [1.165, 1.54) is 119 Å². The van der Waals surface area contributed by atoms with Crippen molar-refractivity contribution in [1.29, 1.82) is 0 Å². The van der Waals surface area contributed by atoms with E-state index in [9.17, 15) is 0 Å². The van der Waals surface area contributed by atoms with Crippen LogP contribution in [0.25, 0.3) is 43.9 Å². The van der Waals surface area contributed by atoms with Gasteiger partial charge in [-0.05, 0) is 196 Å². The number of hydrogen-bond donors (Lipinski definition) is 0. The Morgan fingerprint density at radius 3 is 1.71 bits per heavy atom. The van der Waals surface area contributed by atoms with Crippen LogP contribution in [0.5, 0.6) is 0 Å². The molecule has 0 N–H and O–H groups in total. The Hall–Kier alpha value is -7.18. The summed E-state index contributed by atoms with van der Waals surface area (Å²) in [4.78, 5) is 8.32. The zero-order chi connectivity index (χ0) is 56.3. The van der Waals surface area contributed by atoms with Gasteiger partial charge in [-0.2, -0.15) is 0 Å². The molecular weight excluding hydrogens is 998 g/mol. The SMILES string of the molecule is Cc1cc2c3cc1N1c4cc(cc5c4B(c4cc6c(cc4N5c4cccc5c4oc4ccccc45)C(C)(C)CCC6(C)C)c4c1ccc1c4oc4ccccc41)N1c4cc(c(C(C)(C)C)cc4C4(C)CCCCC14C)C3(C)CCC2(C)C. The number of hydrogen-bond acceptors (Lipinski definition) is 5. The summed E-state index contributed by atoms with van der Waals surface area (Å²) in [6.45, 7) is 32.5. The third kappa shape index (κ3) is 6.02. The van der Waals surface area contributed by atoms with Crippen LogP contribution in [0.15, 0.2) is 136 Å². The van der Waals surface area contributed by atoms with Crippen molar-refractivity contribution in [2.75, 3.05) is 14.7 Å². The van der Waals surface area contributed by atoms with E-state index in [1.807, 2.05) is 0 Å². The lowest BCUT2D eigenvalue weighted by Gasteiger charge is -2.51. The van der Waals surface area contributed by atoms with Gasteiger partial charge in [0.25, 0.3) is 6.71 Å². The van der Waals surface area contributed by atoms with Gasteiger partial charge in [0.2, 0.25) is 0 Å². The molecule has 6 heteroatoms. The van der Waals surface area contributed by atoms with Gasteiger partial charge < -0.3 is 23.5 Å². The Labute approximate surface area is 484 Å². The predicted molar refractivity (Wildman–Crippen MR) is 345 cm³/mol. The molecule has 2 aromatic heterocycles. The first kappa shape index (κ1) is 49.4. The summed E-state index contributed by atoms with van der Waals surface area (Å²) < 4.78 is 14.7. The standard InChI is InChI=1S/C76H76BN3O2/c1-43-35-50-54-41-59(43)78-57-28-27-48-46-22-15-17-26-65(46)82-69(48)67(57)77-56-39-51-52(72(7,8)32-31-71(51,5)6)40-61(56)79(58-24-20-23-47-45-21-14-16-25-64(45)81-68(47)58)63-37-44(36-62(78)66(63)77)80-60-42-53(74(54,11)34-33-73(50,9)10)49(70(2,3)4)38-55(60)75(12)29-18-19-30-76(75,80)13/h14-17,20-28,35-42H,18-19,29-34H2,1-13H3. The largest absolute Gasteiger partial charge is 0.457 e. The van der Waals surface area contributed by atoms with Crippen LogP contribution in [0.1, 0.15) is 179 Å². The van der Waals surface area contributed by atoms with Gasteiger partial charge in [0.05, 0.1) is 11.2 Å². The Morgan fingerprint density at radius 2 is 1.01 bits per heavy atom. The molecule has 3 aliphatic carbocycles. The summed E-state index contributed by atoms with van der Waals surface area (Å²) in [5, 5.41) is 4.60. The molecule has 4 aliphatic heterocycles. The minimum absolute atomic E-state index is 0.0104. The summed E-state index contributed by atoms with van der Waals surface area (Å²) in [7, 11) is 0. The molecule has 1 fully saturated rings. The highest BCUT2D eigenvalue weighted by Gasteiger charge is 2.60. The van der Waals surface area contributed by atoms with Gasteiger partial charge in [-0.15, -0.1) is 0 Å². The molecule has 5 nitrogen and oxygen atoms in total. The number of para-hydroxylation sites is 3. The summed E-state index contributed by atoms with van der Waals surface area (Å²) >= 11 is 0. The maximum atomic E-state index is 7.44. The Bertz CT molecular complexity index is 4540. The highest BCUT2D eigenvalue weighted by atomic mass is 16.3. The first-order valence-electron chi connectivity index (χ1n) is 31.0. The molecule has 7 aliphatic rings. The minimum atomic E-state index is -0.261. The fourth-order valence-electron chi connectivity index (χ4n) is 18.2. The molecular formula is C76H76BN3O2. The van der Waals surface area contributed by atoms with Crippen LogP contribution in [0.2, 0.25) is 0 Å². The van der Waals surface area contributed by atoms with Crippen molar-refractivity contribution >= 4 is 112 Å². The van der Waals surface area contributed by atoms with Crippen LogP contribution in [0, 0.1) is 6.92 Å². The van der Waals surface area contributed by atoms with Crippen LogP contribution in [-0.2, 0) is 32.5 Å². The molecule has 17 rings (SSSR count). The van der Waals surface area contributed by atoms with E-state index in [0.29, 0.717) is 0 Å². The van der Waals surface area contributed by atoms with E-state index >= 15 is 0 Å². The molecule has 1 saturated carbocycles. The van der Waals surface area contributed by atoms with Crippen LogP contribution >= 0.6 is 0 Å². The van der Waals surface area contributed by atoms with E-state index < -0.39 is 0 Å². The van der Waals surface area contributed by atoms with Crippen LogP contribution in [0.3, 0.4) is 0 Å². The second kappa shape index (κ2) is 15.5. The third-order valence-corrected chi connectivity index (χ3v) is 23.2. The zero-order valence-corrected chi connectivity index (χ0v) is 50.5. The molecule has 0 radical (unpaired) electrons. The molecule has 8 aromatic carbocycles. The predicted octanol–water partition coefficient (Wildman–Crippen LogP) is 19.0. The summed E-state index contributed by atoms with van der Waals surface area (Å²) in [5.74, 6) is 0. The van der Waals surface area contributed by atoms with E-state index in [2.05, 4.69) is 232 Å². The molecule has 3 unspecified atom stereocenters. The van der Waals surface area contributed by atoms with Gasteiger partial charge in [-0.3, -0.25) is 0 Å². The quantitative estimate of drug-likeness (QED) is 0.153. The van der Waals surface area contributed by atoms with Gasteiger partial charge in [0, 0.05) is 72.2 Å². The maximum Gasteiger partial charge on any atom is 0.257 e. The fourth-order valence-corrected chi connectivity index (χ4v) is 18.2. The number of rotatable bonds is 1. The smallest absolute Gasteiger partial charge is 0.257 e. The number of fused-ring (bicyclic) bond motifs is 22. The lowest BCUT2D eigenvalue weighted by Crippen LogP contribution is -2.62. The zero-order valence-electron chi connectivity index (χ0n) is 50.5. The van der Waals surface area contributed by atoms with Crippen LogP contribution in [-0.4, -0.2) is 12.3 Å². The lowest BCUT2D eigenvalue weighted by atomic mass is 9.33. The van der Waals surface area contributed by atoms with E-state index in [4.69, 9.17) is 8.83 Å². The second-order valence-electron chi connectivity index (χ2n) is 30.2. The molecule has 10 aromatic rings. The van der Waals surface area contributed by atoms with Crippen LogP contribution in [0.4, 0.5) is 45.5 Å². The number of aryl methyl sites for hydroxylation is 1. The van der Waals surface area contributed by atoms with Crippen molar-refractivity contribution in [3.63, 3.8) is 0 Å². The highest BCUT2D eigenvalue weighted by Crippen LogP contribution is 2.65. The van der Waals surface area contributed by atoms with Crippen molar-refractivity contribution in [3.8, 4) is 0 Å². The first-order chi connectivity index (χ1) is 39.0. The molecule has 6 heterocycles. The van der Waals surface area contributed by atoms with Gasteiger partial charge in [0.1, 0.15) is 16.7 Å². The number of furan rings is 2. The van der Waals surface area contributed by atoms with E-state index in [0.717, 1.165) is 82.7 Å². The number of nitrogens with zero attached hydrogens (tertiary/aromatic N) is 3. The van der Waals surface area contributed by atoms with Crippen molar-refractivity contribution in [2.24, 2.45) is 0 Å². The second-order valence-corrected chi connectivity index (χ2v) is 30.2. The average molecular weight is 1070 g/mol. The molecule has 6 bridgehead atoms. The molecule has 0 saturated heterocycles. The maximum absolute atomic E-state index is 7.44. The van der Waals surface area contributed by atoms with Gasteiger partial charge in [0.15, 0.2) is 5.58 Å². The third-order valence-electron chi connectivity index (χ3n) is 23.2. The fraction of sp³-hybridized carbons (Fsp3) is 0.368. The average Bonchev–Trinajstić information content (AvgIpc) is 1.26. The summed E-state index contributed by atoms with van der Waals surface area (Å²) in [6, 6.07) is 50.5. The lowest BCUT2D eigenvalue weighted by molar-refractivity contribution is 0.195. The monoisotopic (exact) mass is 1070 g/mol. The Morgan fingerprint density at radius 1 is 0.439 bits per heavy atom. The highest BCUT2D eigenvalue weighted by molar-refractivity contribution is 7.01. The van der Waals surface area contributed by atoms with Crippen molar-refractivity contribution in [3.05, 3.63) is 172 Å². The van der Waals surface area contributed by atoms with Gasteiger partial charge >= 0.3 is 0 Å². The summed E-state index contributed by atoms with van der Waals surface area (Å²) in [6.07, 6.45) is 9.14. The molecule has 0 spiro atoms.